The second kappa shape index (κ2) is 6.97. The van der Waals surface area contributed by atoms with Crippen molar-refractivity contribution in [3.8, 4) is 11.4 Å². The summed E-state index contributed by atoms with van der Waals surface area (Å²) >= 11 is 0. The first-order valence-electron chi connectivity index (χ1n) is 9.34. The van der Waals surface area contributed by atoms with Crippen LogP contribution in [0.4, 0.5) is 10.2 Å². The Bertz CT molecular complexity index is 918. The molecule has 7 heteroatoms. The summed E-state index contributed by atoms with van der Waals surface area (Å²) in [5.74, 6) is 1.81. The van der Waals surface area contributed by atoms with Gasteiger partial charge in [-0.3, -0.25) is 0 Å². The maximum Gasteiger partial charge on any atom is 0.183 e. The van der Waals surface area contributed by atoms with Crippen molar-refractivity contribution in [3.05, 3.63) is 30.7 Å². The monoisotopic (exact) mass is 358 g/mol. The number of halogens is 1. The van der Waals surface area contributed by atoms with Crippen molar-refractivity contribution in [3.63, 3.8) is 0 Å². The molecule has 2 saturated carbocycles. The molecule has 3 aromatic rings. The molecule has 5 rings (SSSR count). The van der Waals surface area contributed by atoms with Gasteiger partial charge < -0.3 is 10.3 Å². The van der Waals surface area contributed by atoms with Crippen LogP contribution in [-0.2, 0) is 0 Å². The average molecular weight is 358 g/mol. The van der Waals surface area contributed by atoms with Crippen LogP contribution >= 0.6 is 0 Å². The Labute approximate surface area is 154 Å². The summed E-state index contributed by atoms with van der Waals surface area (Å²) in [4.78, 5) is 19.9. The predicted molar refractivity (Wildman–Crippen MR) is 103 cm³/mol. The highest BCUT2D eigenvalue weighted by Crippen LogP contribution is 2.45. The fraction of sp³-hybridized carbons (Fsp3) is 0.474. The number of nitrogens with one attached hydrogen (secondary N) is 2. The number of fused-ring (bicyclic) bond motifs is 3. The summed E-state index contributed by atoms with van der Waals surface area (Å²) in [5, 5.41) is 4.15. The summed E-state index contributed by atoms with van der Waals surface area (Å²) in [6, 6.07) is 0.326. The largest absolute Gasteiger partial charge is 0.364 e. The molecule has 0 aliphatic heterocycles. The van der Waals surface area contributed by atoms with Crippen molar-refractivity contribution in [2.75, 3.05) is 5.32 Å². The molecular formula is C19H27FN6. The van der Waals surface area contributed by atoms with Crippen molar-refractivity contribution < 1.29 is 7.24 Å². The van der Waals surface area contributed by atoms with E-state index in [0.29, 0.717) is 23.6 Å². The fourth-order valence-electron chi connectivity index (χ4n) is 4.24. The summed E-state index contributed by atoms with van der Waals surface area (Å²) in [6.07, 6.45) is 11.1. The Morgan fingerprint density at radius 1 is 1.19 bits per heavy atom. The van der Waals surface area contributed by atoms with E-state index in [4.69, 9.17) is 0 Å². The number of aromatic amines is 1. The van der Waals surface area contributed by atoms with Crippen LogP contribution in [0.1, 0.15) is 42.4 Å². The molecule has 0 aromatic carbocycles. The van der Waals surface area contributed by atoms with Gasteiger partial charge in [-0.2, -0.15) is 0 Å². The van der Waals surface area contributed by atoms with Gasteiger partial charge in [-0.25, -0.2) is 24.3 Å². The molecule has 140 valence electrons. The van der Waals surface area contributed by atoms with Crippen LogP contribution in [-0.4, -0.2) is 31.0 Å². The summed E-state index contributed by atoms with van der Waals surface area (Å²) in [5.41, 5.74) is 1.50. The molecule has 0 amide bonds. The normalized spacial score (nSPS) is 23.7. The molecule has 3 heterocycles. The molecule has 2 unspecified atom stereocenters. The third kappa shape index (κ3) is 2.91. The van der Waals surface area contributed by atoms with Crippen LogP contribution in [0.5, 0.6) is 0 Å². The van der Waals surface area contributed by atoms with Crippen LogP contribution in [0, 0.1) is 17.7 Å². The van der Waals surface area contributed by atoms with E-state index in [1.807, 2.05) is 13.8 Å². The van der Waals surface area contributed by atoms with E-state index in [1.54, 1.807) is 12.4 Å². The number of nitrogens with zero attached hydrogens (tertiary/aromatic N) is 4. The third-order valence-electron chi connectivity index (χ3n) is 5.40. The SMILES string of the molecule is CC.Fc1cnc(-c2c[nH]c3ncncc23)nc1NC1C[C@@H]2CCC1C2.[HH].[HH]. The lowest BCUT2D eigenvalue weighted by Crippen LogP contribution is -2.27. The molecule has 2 aliphatic carbocycles. The number of hydrogen-bond acceptors (Lipinski definition) is 5. The minimum atomic E-state index is -0.405. The van der Waals surface area contributed by atoms with Crippen LogP contribution in [0.15, 0.2) is 24.9 Å². The maximum atomic E-state index is 14.2. The highest BCUT2D eigenvalue weighted by Gasteiger charge is 2.39. The van der Waals surface area contributed by atoms with Gasteiger partial charge in [0.15, 0.2) is 17.5 Å². The Hall–Kier alpha value is -2.57. The molecule has 3 aromatic heterocycles. The topological polar surface area (TPSA) is 79.4 Å². The molecule has 3 atom stereocenters. The summed E-state index contributed by atoms with van der Waals surface area (Å²) in [7, 11) is 0. The van der Waals surface area contributed by atoms with Gasteiger partial charge in [0.2, 0.25) is 0 Å². The lowest BCUT2D eigenvalue weighted by molar-refractivity contribution is 0.436. The quantitative estimate of drug-likeness (QED) is 0.711. The van der Waals surface area contributed by atoms with Gasteiger partial charge in [-0.1, -0.05) is 20.3 Å². The number of hydrogen-bond donors (Lipinski definition) is 2. The van der Waals surface area contributed by atoms with Crippen molar-refractivity contribution in [2.24, 2.45) is 11.8 Å². The van der Waals surface area contributed by atoms with E-state index in [-0.39, 0.29) is 2.85 Å². The molecule has 2 fully saturated rings. The van der Waals surface area contributed by atoms with Crippen LogP contribution in [0.3, 0.4) is 0 Å². The van der Waals surface area contributed by atoms with Crippen LogP contribution < -0.4 is 5.32 Å². The van der Waals surface area contributed by atoms with Gasteiger partial charge in [0.25, 0.3) is 0 Å². The number of H-pyrrole nitrogens is 1. The van der Waals surface area contributed by atoms with Gasteiger partial charge in [0.1, 0.15) is 12.0 Å². The zero-order valence-corrected chi connectivity index (χ0v) is 15.0. The number of aromatic nitrogens is 5. The Kier molecular flexibility index (Phi) is 4.53. The second-order valence-electron chi connectivity index (χ2n) is 6.80. The molecule has 0 radical (unpaired) electrons. The first kappa shape index (κ1) is 16.9. The molecular weight excluding hydrogens is 331 g/mol. The van der Waals surface area contributed by atoms with E-state index in [0.717, 1.165) is 28.9 Å². The molecule has 26 heavy (non-hydrogen) atoms. The Morgan fingerprint density at radius 3 is 2.85 bits per heavy atom. The minimum Gasteiger partial charge on any atom is -0.364 e. The third-order valence-corrected chi connectivity index (χ3v) is 5.40. The molecule has 0 saturated heterocycles. The van der Waals surface area contributed by atoms with Gasteiger partial charge in [-0.05, 0) is 31.1 Å². The number of anilines is 1. The van der Waals surface area contributed by atoms with Gasteiger partial charge in [0, 0.05) is 32.2 Å². The van der Waals surface area contributed by atoms with E-state index >= 15 is 0 Å². The maximum absolute atomic E-state index is 14.2. The molecule has 0 spiro atoms. The van der Waals surface area contributed by atoms with Crippen molar-refractivity contribution in [1.82, 2.24) is 24.9 Å². The van der Waals surface area contributed by atoms with Crippen molar-refractivity contribution >= 4 is 16.9 Å². The molecule has 6 nitrogen and oxygen atoms in total. The zero-order valence-electron chi connectivity index (χ0n) is 15.0. The standard InChI is InChI=1S/C17H17FN6.C2H6.2H2/c18-13-7-21-16(12-6-20-15-11(12)5-19-8-22-15)24-17(13)23-14-4-9-1-2-10(14)3-9;1-2;;/h5-10,14H,1-4H2,(H,19,20,22)(H,21,23,24);1-2H3;2*1H/t9-,10?,14?;;;/m1.../s1. The van der Waals surface area contributed by atoms with Gasteiger partial charge in [0.05, 0.1) is 6.20 Å². The highest BCUT2D eigenvalue weighted by atomic mass is 19.1. The van der Waals surface area contributed by atoms with Crippen LogP contribution in [0.25, 0.3) is 22.4 Å². The second-order valence-corrected chi connectivity index (χ2v) is 6.80. The Morgan fingerprint density at radius 2 is 2.08 bits per heavy atom. The molecule has 2 N–H and O–H groups in total. The van der Waals surface area contributed by atoms with E-state index < -0.39 is 5.82 Å². The summed E-state index contributed by atoms with van der Waals surface area (Å²) in [6.45, 7) is 4.00. The molecule has 2 bridgehead atoms. The van der Waals surface area contributed by atoms with Gasteiger partial charge in [-0.15, -0.1) is 0 Å². The lowest BCUT2D eigenvalue weighted by Gasteiger charge is -2.23. The zero-order chi connectivity index (χ0) is 18.1. The molecule has 2 aliphatic rings. The highest BCUT2D eigenvalue weighted by molar-refractivity contribution is 5.90. The minimum absolute atomic E-state index is 0. The van der Waals surface area contributed by atoms with Crippen LogP contribution in [0.2, 0.25) is 0 Å². The number of rotatable bonds is 3. The van der Waals surface area contributed by atoms with E-state index in [2.05, 4.69) is 30.2 Å². The van der Waals surface area contributed by atoms with Crippen molar-refractivity contribution in [1.29, 1.82) is 0 Å². The first-order valence-corrected chi connectivity index (χ1v) is 9.34. The van der Waals surface area contributed by atoms with E-state index in [9.17, 15) is 4.39 Å². The Balaban J connectivity index is 0.000000680. The van der Waals surface area contributed by atoms with Gasteiger partial charge >= 0.3 is 0 Å². The first-order chi connectivity index (χ1) is 12.8. The average Bonchev–Trinajstić information content (AvgIpc) is 3.40. The van der Waals surface area contributed by atoms with E-state index in [1.165, 1.54) is 31.8 Å². The lowest BCUT2D eigenvalue weighted by atomic mass is 9.95. The van der Waals surface area contributed by atoms with Crippen molar-refractivity contribution in [2.45, 2.75) is 45.6 Å². The fourth-order valence-corrected chi connectivity index (χ4v) is 4.24. The summed E-state index contributed by atoms with van der Waals surface area (Å²) < 4.78 is 14.2. The predicted octanol–water partition coefficient (Wildman–Crippen LogP) is 4.67. The smallest absolute Gasteiger partial charge is 0.183 e.